The largest absolute Gasteiger partial charge is 0.368 e. The molecule has 1 aliphatic carbocycles. The van der Waals surface area contributed by atoms with Crippen molar-refractivity contribution >= 4 is 28.6 Å². The fraction of sp³-hybridized carbons (Fsp3) is 0.400. The van der Waals surface area contributed by atoms with Crippen LogP contribution in [-0.2, 0) is 16.1 Å². The van der Waals surface area contributed by atoms with Crippen LogP contribution in [0.5, 0.6) is 0 Å². The van der Waals surface area contributed by atoms with Gasteiger partial charge >= 0.3 is 0 Å². The summed E-state index contributed by atoms with van der Waals surface area (Å²) in [6.45, 7) is -0.0948. The standard InChI is InChI=1S/C15H16N6O3/c16-14(23)10-4-7-3-9(7)21(10)12(22)6-20-11-5-18-2-1-8(11)13(19-20)15(17)24/h1-2,5,7,9-10H,3-4,6H2,(H2,16,23)(H2,17,24)/t7-,9-,10+/m1/s1. The molecule has 9 heteroatoms. The Labute approximate surface area is 136 Å². The number of fused-ring (bicyclic) bond motifs is 2. The van der Waals surface area contributed by atoms with Gasteiger partial charge in [-0.05, 0) is 24.8 Å². The minimum Gasteiger partial charge on any atom is -0.368 e. The second-order valence-corrected chi connectivity index (χ2v) is 6.28. The van der Waals surface area contributed by atoms with Crippen LogP contribution in [0.25, 0.3) is 10.9 Å². The number of rotatable bonds is 4. The number of nitrogens with zero attached hydrogens (tertiary/aromatic N) is 4. The van der Waals surface area contributed by atoms with E-state index in [1.807, 2.05) is 0 Å². The summed E-state index contributed by atoms with van der Waals surface area (Å²) < 4.78 is 1.40. The van der Waals surface area contributed by atoms with Crippen molar-refractivity contribution in [3.63, 3.8) is 0 Å². The van der Waals surface area contributed by atoms with Gasteiger partial charge in [0.1, 0.15) is 12.6 Å². The molecule has 1 aliphatic heterocycles. The fourth-order valence-electron chi connectivity index (χ4n) is 3.60. The second-order valence-electron chi connectivity index (χ2n) is 6.28. The lowest BCUT2D eigenvalue weighted by Crippen LogP contribution is -2.47. The van der Waals surface area contributed by atoms with Crippen molar-refractivity contribution < 1.29 is 14.4 Å². The second kappa shape index (κ2) is 5.02. The van der Waals surface area contributed by atoms with E-state index in [9.17, 15) is 14.4 Å². The lowest BCUT2D eigenvalue weighted by atomic mass is 10.1. The number of amides is 3. The average Bonchev–Trinajstić information content (AvgIpc) is 3.04. The van der Waals surface area contributed by atoms with Crippen molar-refractivity contribution in [1.82, 2.24) is 19.7 Å². The predicted molar refractivity (Wildman–Crippen MR) is 82.4 cm³/mol. The van der Waals surface area contributed by atoms with Gasteiger partial charge in [0.25, 0.3) is 5.91 Å². The van der Waals surface area contributed by atoms with Crippen molar-refractivity contribution in [2.24, 2.45) is 17.4 Å². The Morgan fingerprint density at radius 2 is 2.04 bits per heavy atom. The third-order valence-corrected chi connectivity index (χ3v) is 4.79. The molecule has 4 N–H and O–H groups in total. The highest BCUT2D eigenvalue weighted by molar-refractivity contribution is 6.04. The van der Waals surface area contributed by atoms with E-state index >= 15 is 0 Å². The van der Waals surface area contributed by atoms with Crippen LogP contribution < -0.4 is 11.5 Å². The predicted octanol–water partition coefficient (Wildman–Crippen LogP) is -0.995. The SMILES string of the molecule is NC(=O)c1nn(CC(=O)N2[C@@H]3C[C@@H]3C[C@H]2C(N)=O)c2cnccc12. The molecule has 124 valence electrons. The molecule has 3 heterocycles. The molecule has 1 saturated heterocycles. The Balaban J connectivity index is 1.66. The summed E-state index contributed by atoms with van der Waals surface area (Å²) in [5.41, 5.74) is 11.4. The highest BCUT2D eigenvalue weighted by atomic mass is 16.2. The molecule has 3 atom stereocenters. The lowest BCUT2D eigenvalue weighted by Gasteiger charge is -2.25. The zero-order chi connectivity index (χ0) is 17.0. The molecule has 24 heavy (non-hydrogen) atoms. The van der Waals surface area contributed by atoms with Crippen LogP contribution in [0.3, 0.4) is 0 Å². The Kier molecular flexibility index (Phi) is 3.05. The Hall–Kier alpha value is -2.97. The quantitative estimate of drug-likeness (QED) is 0.742. The van der Waals surface area contributed by atoms with Crippen molar-refractivity contribution in [2.75, 3.05) is 0 Å². The smallest absolute Gasteiger partial charge is 0.269 e. The molecule has 0 radical (unpaired) electrons. The van der Waals surface area contributed by atoms with Crippen LogP contribution in [0.15, 0.2) is 18.5 Å². The lowest BCUT2D eigenvalue weighted by molar-refractivity contribution is -0.139. The van der Waals surface area contributed by atoms with E-state index in [0.717, 1.165) is 6.42 Å². The molecule has 9 nitrogen and oxygen atoms in total. The first-order valence-electron chi connectivity index (χ1n) is 7.68. The van der Waals surface area contributed by atoms with Crippen LogP contribution in [0.2, 0.25) is 0 Å². The number of likely N-dealkylation sites (tertiary alicyclic amines) is 1. The van der Waals surface area contributed by atoms with E-state index in [1.54, 1.807) is 11.0 Å². The Bertz CT molecular complexity index is 875. The van der Waals surface area contributed by atoms with Gasteiger partial charge in [-0.2, -0.15) is 5.10 Å². The summed E-state index contributed by atoms with van der Waals surface area (Å²) in [7, 11) is 0. The summed E-state index contributed by atoms with van der Waals surface area (Å²) in [6, 6.07) is 1.16. The van der Waals surface area contributed by atoms with E-state index in [2.05, 4.69) is 10.1 Å². The van der Waals surface area contributed by atoms with Gasteiger partial charge in [-0.1, -0.05) is 0 Å². The van der Waals surface area contributed by atoms with Crippen LogP contribution in [0.4, 0.5) is 0 Å². The Morgan fingerprint density at radius 1 is 1.25 bits per heavy atom. The van der Waals surface area contributed by atoms with Gasteiger partial charge in [-0.15, -0.1) is 0 Å². The normalized spacial score (nSPS) is 24.8. The third kappa shape index (κ3) is 2.12. The molecule has 2 fully saturated rings. The first-order valence-corrected chi connectivity index (χ1v) is 7.68. The van der Waals surface area contributed by atoms with Crippen molar-refractivity contribution in [3.8, 4) is 0 Å². The highest BCUT2D eigenvalue weighted by Crippen LogP contribution is 2.47. The third-order valence-electron chi connectivity index (χ3n) is 4.79. The molecule has 4 rings (SSSR count). The van der Waals surface area contributed by atoms with E-state index in [0.29, 0.717) is 23.2 Å². The maximum absolute atomic E-state index is 12.7. The summed E-state index contributed by atoms with van der Waals surface area (Å²) in [5.74, 6) is -1.03. The molecule has 0 unspecified atom stereocenters. The van der Waals surface area contributed by atoms with Gasteiger partial charge in [0.15, 0.2) is 5.69 Å². The van der Waals surface area contributed by atoms with Gasteiger partial charge < -0.3 is 16.4 Å². The number of carbonyl (C=O) groups is 3. The van der Waals surface area contributed by atoms with E-state index in [1.165, 1.54) is 17.1 Å². The first kappa shape index (κ1) is 14.6. The van der Waals surface area contributed by atoms with E-state index < -0.39 is 17.9 Å². The van der Waals surface area contributed by atoms with E-state index in [4.69, 9.17) is 11.5 Å². The Morgan fingerprint density at radius 3 is 2.75 bits per heavy atom. The molecule has 2 aliphatic rings. The summed E-state index contributed by atoms with van der Waals surface area (Å²) in [5, 5.41) is 4.69. The van der Waals surface area contributed by atoms with Crippen molar-refractivity contribution in [3.05, 3.63) is 24.2 Å². The van der Waals surface area contributed by atoms with Crippen molar-refractivity contribution in [1.29, 1.82) is 0 Å². The monoisotopic (exact) mass is 328 g/mol. The average molecular weight is 328 g/mol. The number of primary amides is 2. The fourth-order valence-corrected chi connectivity index (χ4v) is 3.60. The van der Waals surface area contributed by atoms with Gasteiger partial charge in [-0.25, -0.2) is 0 Å². The van der Waals surface area contributed by atoms with Gasteiger partial charge in [-0.3, -0.25) is 24.0 Å². The number of piperidine rings is 1. The number of pyridine rings is 1. The molecule has 0 aromatic carbocycles. The molecule has 2 aromatic rings. The number of carbonyl (C=O) groups excluding carboxylic acids is 3. The minimum absolute atomic E-state index is 0.0885. The van der Waals surface area contributed by atoms with Crippen LogP contribution in [-0.4, -0.2) is 49.5 Å². The zero-order valence-corrected chi connectivity index (χ0v) is 12.8. The minimum atomic E-state index is -0.671. The summed E-state index contributed by atoms with van der Waals surface area (Å²) in [4.78, 5) is 41.4. The summed E-state index contributed by atoms with van der Waals surface area (Å²) in [6.07, 6.45) is 4.59. The van der Waals surface area contributed by atoms with Gasteiger partial charge in [0.05, 0.1) is 11.7 Å². The van der Waals surface area contributed by atoms with Crippen molar-refractivity contribution in [2.45, 2.75) is 31.5 Å². The number of aromatic nitrogens is 3. The van der Waals surface area contributed by atoms with Crippen LogP contribution in [0, 0.1) is 5.92 Å². The number of hydrogen-bond donors (Lipinski definition) is 2. The maximum atomic E-state index is 12.7. The zero-order valence-electron chi connectivity index (χ0n) is 12.8. The molecular weight excluding hydrogens is 312 g/mol. The summed E-state index contributed by atoms with van der Waals surface area (Å²) >= 11 is 0. The molecule has 0 spiro atoms. The number of nitrogens with two attached hydrogens (primary N) is 2. The number of hydrogen-bond acceptors (Lipinski definition) is 5. The molecule has 0 bridgehead atoms. The van der Waals surface area contributed by atoms with E-state index in [-0.39, 0.29) is 24.2 Å². The highest BCUT2D eigenvalue weighted by Gasteiger charge is 2.55. The molecule has 1 saturated carbocycles. The van der Waals surface area contributed by atoms with Gasteiger partial charge in [0, 0.05) is 17.6 Å². The molecule has 3 amide bonds. The molecule has 2 aromatic heterocycles. The first-order chi connectivity index (χ1) is 11.5. The maximum Gasteiger partial charge on any atom is 0.269 e. The van der Waals surface area contributed by atoms with Gasteiger partial charge in [0.2, 0.25) is 11.8 Å². The van der Waals surface area contributed by atoms with Crippen LogP contribution >= 0.6 is 0 Å². The van der Waals surface area contributed by atoms with Crippen LogP contribution in [0.1, 0.15) is 23.3 Å². The molecular formula is C15H16N6O3. The topological polar surface area (TPSA) is 137 Å².